The first-order chi connectivity index (χ1) is 17.9. The monoisotopic (exact) mass is 521 g/mol. The van der Waals surface area contributed by atoms with Gasteiger partial charge in [-0.1, -0.05) is 24.3 Å². The minimum absolute atomic E-state index is 0.0502. The number of nitrogens with zero attached hydrogens (tertiary/aromatic N) is 3. The number of ether oxygens (including phenoxy) is 1. The van der Waals surface area contributed by atoms with Crippen molar-refractivity contribution in [3.05, 3.63) is 87.4 Å². The summed E-state index contributed by atoms with van der Waals surface area (Å²) in [5.41, 5.74) is 2.98. The van der Waals surface area contributed by atoms with Gasteiger partial charge < -0.3 is 14.5 Å². The zero-order valence-electron chi connectivity index (χ0n) is 21.2. The van der Waals surface area contributed by atoms with Crippen LogP contribution in [0.1, 0.15) is 34.5 Å². The van der Waals surface area contributed by atoms with Gasteiger partial charge in [0.1, 0.15) is 11.6 Å². The van der Waals surface area contributed by atoms with Crippen molar-refractivity contribution in [1.82, 2.24) is 14.7 Å². The second kappa shape index (κ2) is 11.0. The van der Waals surface area contributed by atoms with Crippen LogP contribution in [0.25, 0.3) is 0 Å². The summed E-state index contributed by atoms with van der Waals surface area (Å²) in [5, 5.41) is 2.08. The van der Waals surface area contributed by atoms with E-state index in [0.717, 1.165) is 35.4 Å². The summed E-state index contributed by atoms with van der Waals surface area (Å²) in [6.45, 7) is 4.55. The van der Waals surface area contributed by atoms with E-state index in [1.807, 2.05) is 47.1 Å². The van der Waals surface area contributed by atoms with E-state index in [1.165, 1.54) is 10.9 Å². The van der Waals surface area contributed by atoms with Crippen molar-refractivity contribution < 1.29 is 18.7 Å². The fourth-order valence-electron chi connectivity index (χ4n) is 5.45. The van der Waals surface area contributed by atoms with Gasteiger partial charge in [0.25, 0.3) is 0 Å². The largest absolute Gasteiger partial charge is 0.497 e. The van der Waals surface area contributed by atoms with Gasteiger partial charge in [-0.2, -0.15) is 0 Å². The zero-order chi connectivity index (χ0) is 25.9. The number of hydrogen-bond donors (Lipinski definition) is 0. The van der Waals surface area contributed by atoms with Crippen LogP contribution in [0.3, 0.4) is 0 Å². The van der Waals surface area contributed by atoms with E-state index in [0.29, 0.717) is 26.1 Å². The molecule has 6 nitrogen and oxygen atoms in total. The van der Waals surface area contributed by atoms with E-state index in [9.17, 15) is 14.0 Å². The van der Waals surface area contributed by atoms with Crippen molar-refractivity contribution in [2.45, 2.75) is 31.8 Å². The van der Waals surface area contributed by atoms with Crippen LogP contribution in [-0.4, -0.2) is 72.4 Å². The van der Waals surface area contributed by atoms with E-state index >= 15 is 0 Å². The molecule has 2 aliphatic rings. The lowest BCUT2D eigenvalue weighted by Crippen LogP contribution is -2.57. The number of carbonyl (C=O) groups excluding carboxylic acids is 2. The first kappa shape index (κ1) is 25.4. The molecule has 8 heteroatoms. The predicted octanol–water partition coefficient (Wildman–Crippen LogP) is 4.15. The number of methoxy groups -OCH3 is 1. The topological polar surface area (TPSA) is 53.1 Å². The summed E-state index contributed by atoms with van der Waals surface area (Å²) >= 11 is 1.72. The van der Waals surface area contributed by atoms with Crippen LogP contribution in [0.4, 0.5) is 4.39 Å². The number of hydrogen-bond acceptors (Lipinski definition) is 5. The van der Waals surface area contributed by atoms with Gasteiger partial charge in [-0.3, -0.25) is 14.5 Å². The standard InChI is InChI=1S/C29H32FN3O3S/c1-20-18-31(13-14-33(20)27(34)16-21-6-8-24(36-2)9-7-21)28(35)19-32-12-10-26-25(11-15-37-26)29(32)22-4-3-5-23(30)17-22/h3-9,11,15,17,20,29H,10,12-14,16,18-19H2,1-2H3/t20-,29-/m1/s1. The number of carbonyl (C=O) groups is 2. The second-order valence-electron chi connectivity index (χ2n) is 9.78. The average Bonchev–Trinajstić information content (AvgIpc) is 3.37. The highest BCUT2D eigenvalue weighted by molar-refractivity contribution is 7.10. The lowest BCUT2D eigenvalue weighted by atomic mass is 9.93. The van der Waals surface area contributed by atoms with Crippen LogP contribution < -0.4 is 4.74 Å². The number of fused-ring (bicyclic) bond motifs is 1. The molecular formula is C29H32FN3O3S. The molecule has 1 saturated heterocycles. The molecule has 0 unspecified atom stereocenters. The van der Waals surface area contributed by atoms with Gasteiger partial charge in [0, 0.05) is 37.1 Å². The van der Waals surface area contributed by atoms with Gasteiger partial charge in [-0.15, -0.1) is 11.3 Å². The summed E-state index contributed by atoms with van der Waals surface area (Å²) in [4.78, 5) is 33.6. The Balaban J connectivity index is 1.23. The van der Waals surface area contributed by atoms with Gasteiger partial charge in [0.15, 0.2) is 0 Å². The van der Waals surface area contributed by atoms with Crippen LogP contribution in [-0.2, 0) is 22.4 Å². The van der Waals surface area contributed by atoms with Crippen LogP contribution in [0, 0.1) is 5.82 Å². The summed E-state index contributed by atoms with van der Waals surface area (Å²) in [6.07, 6.45) is 1.21. The molecule has 3 heterocycles. The average molecular weight is 522 g/mol. The molecular weight excluding hydrogens is 489 g/mol. The fourth-order valence-corrected chi connectivity index (χ4v) is 6.36. The van der Waals surface area contributed by atoms with Crippen molar-refractivity contribution in [2.75, 3.05) is 39.8 Å². The third-order valence-electron chi connectivity index (χ3n) is 7.38. The Morgan fingerprint density at radius 3 is 2.59 bits per heavy atom. The van der Waals surface area contributed by atoms with Gasteiger partial charge >= 0.3 is 0 Å². The molecule has 0 bridgehead atoms. The first-order valence-corrected chi connectivity index (χ1v) is 13.6. The van der Waals surface area contributed by atoms with E-state index in [1.54, 1.807) is 30.6 Å². The molecule has 3 aromatic rings. The summed E-state index contributed by atoms with van der Waals surface area (Å²) in [6, 6.07) is 16.1. The third kappa shape index (κ3) is 5.55. The molecule has 0 spiro atoms. The van der Waals surface area contributed by atoms with Gasteiger partial charge in [-0.25, -0.2) is 4.39 Å². The number of benzene rings is 2. The molecule has 5 rings (SSSR count). The fraction of sp³-hybridized carbons (Fsp3) is 0.379. The van der Waals surface area contributed by atoms with E-state index in [2.05, 4.69) is 16.3 Å². The Morgan fingerprint density at radius 1 is 1.05 bits per heavy atom. The molecule has 0 N–H and O–H groups in total. The number of amides is 2. The highest BCUT2D eigenvalue weighted by Crippen LogP contribution is 2.37. The lowest BCUT2D eigenvalue weighted by Gasteiger charge is -2.42. The van der Waals surface area contributed by atoms with Crippen LogP contribution >= 0.6 is 11.3 Å². The van der Waals surface area contributed by atoms with Gasteiger partial charge in [-0.05, 0) is 65.7 Å². The first-order valence-electron chi connectivity index (χ1n) is 12.7. The Kier molecular flexibility index (Phi) is 7.58. The van der Waals surface area contributed by atoms with Crippen LogP contribution in [0.15, 0.2) is 60.0 Å². The maximum atomic E-state index is 14.1. The van der Waals surface area contributed by atoms with Gasteiger partial charge in [0.2, 0.25) is 11.8 Å². The molecule has 2 amide bonds. The minimum atomic E-state index is -0.268. The zero-order valence-corrected chi connectivity index (χ0v) is 22.0. The van der Waals surface area contributed by atoms with Crippen LogP contribution in [0.2, 0.25) is 0 Å². The third-order valence-corrected chi connectivity index (χ3v) is 8.38. The van der Waals surface area contributed by atoms with Crippen molar-refractivity contribution in [3.63, 3.8) is 0 Å². The second-order valence-corrected chi connectivity index (χ2v) is 10.8. The molecule has 37 heavy (non-hydrogen) atoms. The molecule has 0 radical (unpaired) electrons. The maximum absolute atomic E-state index is 14.1. The van der Waals surface area contributed by atoms with Gasteiger partial charge in [0.05, 0.1) is 26.1 Å². The number of thiophene rings is 1. The predicted molar refractivity (Wildman–Crippen MR) is 142 cm³/mol. The normalized spacial score (nSPS) is 20.0. The van der Waals surface area contributed by atoms with Crippen molar-refractivity contribution in [1.29, 1.82) is 0 Å². The quantitative estimate of drug-likeness (QED) is 0.489. The van der Waals surface area contributed by atoms with Crippen LogP contribution in [0.5, 0.6) is 5.75 Å². The molecule has 0 aliphatic carbocycles. The molecule has 2 aliphatic heterocycles. The summed E-state index contributed by atoms with van der Waals surface area (Å²) in [5.74, 6) is 0.613. The maximum Gasteiger partial charge on any atom is 0.236 e. The minimum Gasteiger partial charge on any atom is -0.497 e. The SMILES string of the molecule is COc1ccc(CC(=O)N2CCN(C(=O)CN3CCc4sccc4[C@H]3c3cccc(F)c3)C[C@H]2C)cc1. The summed E-state index contributed by atoms with van der Waals surface area (Å²) in [7, 11) is 1.62. The molecule has 0 saturated carbocycles. The number of rotatable bonds is 6. The number of halogens is 1. The Labute approximate surface area is 221 Å². The number of piperazine rings is 1. The van der Waals surface area contributed by atoms with E-state index < -0.39 is 0 Å². The molecule has 1 aromatic heterocycles. The van der Waals surface area contributed by atoms with E-state index in [-0.39, 0.29) is 36.3 Å². The van der Waals surface area contributed by atoms with E-state index in [4.69, 9.17) is 4.74 Å². The highest BCUT2D eigenvalue weighted by Gasteiger charge is 2.34. The van der Waals surface area contributed by atoms with Crippen molar-refractivity contribution in [3.8, 4) is 5.75 Å². The molecule has 1 fully saturated rings. The smallest absolute Gasteiger partial charge is 0.236 e. The molecule has 2 aromatic carbocycles. The molecule has 2 atom stereocenters. The summed E-state index contributed by atoms with van der Waals surface area (Å²) < 4.78 is 19.3. The Hall–Kier alpha value is -3.23. The highest BCUT2D eigenvalue weighted by atomic mass is 32.1. The molecule has 194 valence electrons. The Bertz CT molecular complexity index is 1260. The lowest BCUT2D eigenvalue weighted by molar-refractivity contribution is -0.143. The Morgan fingerprint density at radius 2 is 1.86 bits per heavy atom. The van der Waals surface area contributed by atoms with Crippen molar-refractivity contribution >= 4 is 23.2 Å². The van der Waals surface area contributed by atoms with Crippen molar-refractivity contribution in [2.24, 2.45) is 0 Å².